The molecule has 0 spiro atoms. The van der Waals surface area contributed by atoms with E-state index in [1.54, 1.807) is 0 Å². The monoisotopic (exact) mass is 415 g/mol. The van der Waals surface area contributed by atoms with Crippen molar-refractivity contribution in [3.8, 4) is 0 Å². The highest BCUT2D eigenvalue weighted by atomic mass is 17.0. The molecular weight excluding hydrogens is 364 g/mol. The minimum Gasteiger partial charge on any atom is -0.301 e. The lowest BCUT2D eigenvalue weighted by atomic mass is 10.1. The van der Waals surface area contributed by atoms with E-state index in [-0.39, 0.29) is 0 Å². The molecule has 0 saturated carbocycles. The molecule has 29 heavy (non-hydrogen) atoms. The first-order valence-electron chi connectivity index (χ1n) is 12.8. The maximum Gasteiger partial charge on any atom is 0.439 e. The summed E-state index contributed by atoms with van der Waals surface area (Å²) in [5.74, 6) is 0. The van der Waals surface area contributed by atoms with Crippen molar-refractivity contribution in [1.29, 1.82) is 0 Å². The van der Waals surface area contributed by atoms with E-state index in [4.69, 9.17) is 14.2 Å². The first-order chi connectivity index (χ1) is 14.2. The molecule has 0 N–H and O–H groups in total. The quantitative estimate of drug-likeness (QED) is 0.118. The number of ether oxygens (including phenoxy) is 3. The second-order valence-corrected chi connectivity index (χ2v) is 8.35. The summed E-state index contributed by atoms with van der Waals surface area (Å²) < 4.78 is 16.6. The molecule has 175 valence electrons. The third-order valence-electron chi connectivity index (χ3n) is 5.33. The highest BCUT2D eigenvalue weighted by Crippen LogP contribution is 2.17. The zero-order valence-corrected chi connectivity index (χ0v) is 20.0. The fraction of sp³-hybridized carbons (Fsp3) is 1.00. The van der Waals surface area contributed by atoms with Crippen LogP contribution in [0.4, 0.5) is 0 Å². The lowest BCUT2D eigenvalue weighted by molar-refractivity contribution is -0.508. The summed E-state index contributed by atoms with van der Waals surface area (Å²) in [4.78, 5) is 0. The van der Waals surface area contributed by atoms with E-state index in [0.29, 0.717) is 19.8 Å². The summed E-state index contributed by atoms with van der Waals surface area (Å²) in [5.41, 5.74) is 0. The van der Waals surface area contributed by atoms with Gasteiger partial charge < -0.3 is 14.2 Å². The second kappa shape index (κ2) is 22.5. The molecule has 0 bridgehead atoms. The molecule has 0 saturated heterocycles. The van der Waals surface area contributed by atoms with Gasteiger partial charge in [0, 0.05) is 0 Å². The summed E-state index contributed by atoms with van der Waals surface area (Å²) in [6.07, 6.45) is 18.9. The minimum absolute atomic E-state index is 0.419. The summed E-state index contributed by atoms with van der Waals surface area (Å²) >= 11 is 0. The van der Waals surface area contributed by atoms with Crippen LogP contribution in [-0.2, 0) is 19.3 Å². The first-order valence-corrected chi connectivity index (χ1v) is 12.8. The van der Waals surface area contributed by atoms with Crippen LogP contribution < -0.4 is 0 Å². The molecule has 0 unspecified atom stereocenters. The van der Waals surface area contributed by atoms with E-state index in [1.165, 1.54) is 77.0 Å². The van der Waals surface area contributed by atoms with Crippen LogP contribution in [-0.4, -0.2) is 26.0 Å². The van der Waals surface area contributed by atoms with Crippen molar-refractivity contribution in [1.82, 2.24) is 0 Å². The third kappa shape index (κ3) is 20.9. The number of hydrogen-bond acceptors (Lipinski definition) is 3. The molecule has 0 atom stereocenters. The van der Waals surface area contributed by atoms with Gasteiger partial charge >= 0.3 is 6.16 Å². The van der Waals surface area contributed by atoms with Gasteiger partial charge in [-0.05, 0) is 19.3 Å². The largest absolute Gasteiger partial charge is 0.439 e. The Hall–Kier alpha value is -0.160. The number of rotatable bonds is 24. The van der Waals surface area contributed by atoms with E-state index in [2.05, 4.69) is 20.8 Å². The fourth-order valence-corrected chi connectivity index (χ4v) is 3.36. The zero-order valence-electron chi connectivity index (χ0n) is 20.0. The van der Waals surface area contributed by atoms with Gasteiger partial charge in [-0.15, -0.1) is 5.11 Å². The van der Waals surface area contributed by atoms with Gasteiger partial charge in [0.15, 0.2) is 0 Å². The predicted molar refractivity (Wildman–Crippen MR) is 121 cm³/mol. The van der Waals surface area contributed by atoms with Gasteiger partial charge in [0.25, 0.3) is 0 Å². The van der Waals surface area contributed by atoms with Crippen molar-refractivity contribution in [2.45, 2.75) is 143 Å². The van der Waals surface area contributed by atoms with Gasteiger partial charge in [-0.25, -0.2) is 0 Å². The molecule has 0 aromatic heterocycles. The van der Waals surface area contributed by atoms with Crippen LogP contribution >= 0.6 is 0 Å². The van der Waals surface area contributed by atoms with Crippen LogP contribution in [0.15, 0.2) is 0 Å². The standard InChI is InChI=1S/C25H51O4/c1-4-7-10-13-16-19-22-27-25(26,28-23-20-17-14-11-8-5-2)29-24-21-18-15-12-9-6-3/h4-24H2,1-3H3. The Morgan fingerprint density at radius 1 is 0.414 bits per heavy atom. The smallest absolute Gasteiger partial charge is 0.301 e. The Bertz CT molecular complexity index is 264. The van der Waals surface area contributed by atoms with E-state index in [1.807, 2.05) is 0 Å². The van der Waals surface area contributed by atoms with Crippen LogP contribution in [0.25, 0.3) is 0 Å². The summed E-state index contributed by atoms with van der Waals surface area (Å²) in [7, 11) is 0. The minimum atomic E-state index is -2.11. The fourth-order valence-electron chi connectivity index (χ4n) is 3.36. The average molecular weight is 416 g/mol. The Morgan fingerprint density at radius 3 is 0.931 bits per heavy atom. The van der Waals surface area contributed by atoms with Gasteiger partial charge in [0.2, 0.25) is 0 Å². The molecule has 0 aliphatic heterocycles. The second-order valence-electron chi connectivity index (χ2n) is 8.35. The molecule has 0 aliphatic rings. The topological polar surface area (TPSA) is 47.6 Å². The van der Waals surface area contributed by atoms with Crippen molar-refractivity contribution < 1.29 is 19.3 Å². The van der Waals surface area contributed by atoms with Gasteiger partial charge in [-0.1, -0.05) is 117 Å². The normalized spacial score (nSPS) is 12.0. The highest BCUT2D eigenvalue weighted by molar-refractivity contribution is 4.49. The lowest BCUT2D eigenvalue weighted by Gasteiger charge is -2.25. The third-order valence-corrected chi connectivity index (χ3v) is 5.33. The zero-order chi connectivity index (χ0) is 21.5. The molecule has 1 radical (unpaired) electrons. The Kier molecular flexibility index (Phi) is 22.4. The van der Waals surface area contributed by atoms with Crippen LogP contribution in [0.5, 0.6) is 0 Å². The SMILES string of the molecule is CCCCCCCCOC([O])(OCCCCCCCC)OCCCCCCCC. The highest BCUT2D eigenvalue weighted by Gasteiger charge is 2.33. The van der Waals surface area contributed by atoms with Crippen LogP contribution in [0.2, 0.25) is 0 Å². The van der Waals surface area contributed by atoms with Gasteiger partial charge in [-0.2, -0.15) is 0 Å². The number of hydrogen-bond donors (Lipinski definition) is 0. The molecule has 4 nitrogen and oxygen atoms in total. The molecule has 0 heterocycles. The maximum atomic E-state index is 12.8. The van der Waals surface area contributed by atoms with Crippen molar-refractivity contribution in [3.63, 3.8) is 0 Å². The van der Waals surface area contributed by atoms with Crippen molar-refractivity contribution in [2.24, 2.45) is 0 Å². The van der Waals surface area contributed by atoms with E-state index < -0.39 is 6.16 Å². The van der Waals surface area contributed by atoms with Crippen molar-refractivity contribution in [3.05, 3.63) is 0 Å². The molecule has 0 aromatic rings. The Labute approximate surface area is 182 Å². The first kappa shape index (κ1) is 28.8. The molecule has 0 amide bonds. The Balaban J connectivity index is 4.03. The van der Waals surface area contributed by atoms with E-state index in [9.17, 15) is 5.11 Å². The molecular formula is C25H51O4. The molecule has 0 aromatic carbocycles. The predicted octanol–water partition coefficient (Wildman–Crippen LogP) is 8.16. The number of unbranched alkanes of at least 4 members (excludes halogenated alkanes) is 15. The Morgan fingerprint density at radius 2 is 0.655 bits per heavy atom. The summed E-state index contributed by atoms with van der Waals surface area (Å²) in [6.45, 7) is 7.92. The summed E-state index contributed by atoms with van der Waals surface area (Å²) in [6, 6.07) is 0. The molecule has 0 aliphatic carbocycles. The average Bonchev–Trinajstić information content (AvgIpc) is 2.72. The van der Waals surface area contributed by atoms with E-state index >= 15 is 0 Å². The van der Waals surface area contributed by atoms with Crippen molar-refractivity contribution in [2.75, 3.05) is 19.8 Å². The van der Waals surface area contributed by atoms with Gasteiger partial charge in [0.1, 0.15) is 0 Å². The van der Waals surface area contributed by atoms with E-state index in [0.717, 1.165) is 38.5 Å². The van der Waals surface area contributed by atoms with Crippen LogP contribution in [0.1, 0.15) is 136 Å². The molecule has 4 heteroatoms. The van der Waals surface area contributed by atoms with Crippen LogP contribution in [0, 0.1) is 0 Å². The maximum absolute atomic E-state index is 12.8. The summed E-state index contributed by atoms with van der Waals surface area (Å²) in [5, 5.41) is 12.8. The van der Waals surface area contributed by atoms with Crippen molar-refractivity contribution >= 4 is 0 Å². The van der Waals surface area contributed by atoms with Crippen LogP contribution in [0.3, 0.4) is 0 Å². The lowest BCUT2D eigenvalue weighted by Crippen LogP contribution is -2.38. The molecule has 0 rings (SSSR count). The van der Waals surface area contributed by atoms with Gasteiger partial charge in [0.05, 0.1) is 19.8 Å². The molecule has 0 fully saturated rings. The van der Waals surface area contributed by atoms with Gasteiger partial charge in [-0.3, -0.25) is 0 Å².